The molecule has 8 heteroatoms. The summed E-state index contributed by atoms with van der Waals surface area (Å²) in [6.07, 6.45) is 0.304. The summed E-state index contributed by atoms with van der Waals surface area (Å²) in [6, 6.07) is 27.5. The Morgan fingerprint density at radius 3 is 1.98 bits per heavy atom. The molecular weight excluding hydrogens is 560 g/mol. The lowest BCUT2D eigenvalue weighted by atomic mass is 10.0. The summed E-state index contributed by atoms with van der Waals surface area (Å²) in [4.78, 5) is 40.9. The summed E-state index contributed by atoms with van der Waals surface area (Å²) < 4.78 is 11.0. The highest BCUT2D eigenvalue weighted by molar-refractivity contribution is 7.08. The highest BCUT2D eigenvalue weighted by atomic mass is 32.1. The van der Waals surface area contributed by atoms with E-state index in [-0.39, 0.29) is 38.5 Å². The normalized spacial score (nSPS) is 11.5. The number of carbonyl (C=O) groups excluding carboxylic acids is 3. The van der Waals surface area contributed by atoms with Crippen molar-refractivity contribution in [3.63, 3.8) is 0 Å². The molecule has 2 amide bonds. The average Bonchev–Trinajstić information content (AvgIpc) is 3.57. The van der Waals surface area contributed by atoms with Gasteiger partial charge < -0.3 is 19.7 Å². The van der Waals surface area contributed by atoms with Gasteiger partial charge in [-0.15, -0.1) is 0 Å². The first-order valence-corrected chi connectivity index (χ1v) is 15.4. The van der Waals surface area contributed by atoms with Crippen molar-refractivity contribution in [1.82, 2.24) is 10.2 Å². The molecule has 1 atom stereocenters. The number of esters is 2. The first-order valence-electron chi connectivity index (χ1n) is 14.4. The molecule has 3 aromatic carbocycles. The molecule has 0 aliphatic heterocycles. The Kier molecular flexibility index (Phi) is 11.9. The Labute approximate surface area is 257 Å². The van der Waals surface area contributed by atoms with Crippen LogP contribution in [0.1, 0.15) is 37.0 Å². The summed E-state index contributed by atoms with van der Waals surface area (Å²) in [6.45, 7) is 4.85. The van der Waals surface area contributed by atoms with Crippen LogP contribution in [0.3, 0.4) is 0 Å². The highest BCUT2D eigenvalue weighted by Crippen LogP contribution is 2.23. The van der Waals surface area contributed by atoms with Crippen molar-refractivity contribution >= 4 is 29.3 Å². The number of thiophene rings is 1. The lowest BCUT2D eigenvalue weighted by molar-refractivity contribution is -0.147. The zero-order chi connectivity index (χ0) is 30.4. The number of nitrogens with zero attached hydrogens (tertiary/aromatic N) is 1. The Bertz CT molecular complexity index is 1420. The smallest absolute Gasteiger partial charge is 0.329 e. The largest absolute Gasteiger partial charge is 0.461 e. The Morgan fingerprint density at radius 2 is 1.40 bits per heavy atom. The van der Waals surface area contributed by atoms with Crippen LogP contribution in [0, 0.1) is 5.92 Å². The van der Waals surface area contributed by atoms with Gasteiger partial charge >= 0.3 is 18.0 Å². The van der Waals surface area contributed by atoms with Gasteiger partial charge in [0, 0.05) is 19.5 Å². The molecule has 224 valence electrons. The fraction of sp³-hybridized carbons (Fsp3) is 0.286. The van der Waals surface area contributed by atoms with Crippen LogP contribution in [0.2, 0.25) is 0 Å². The number of hydrogen-bond acceptors (Lipinski definition) is 6. The van der Waals surface area contributed by atoms with Crippen molar-refractivity contribution in [2.45, 2.75) is 45.9 Å². The molecular formula is C35H38N2O5S. The molecule has 0 saturated carbocycles. The Hall–Kier alpha value is -4.43. The van der Waals surface area contributed by atoms with Crippen LogP contribution in [0.25, 0.3) is 11.1 Å². The number of benzene rings is 3. The van der Waals surface area contributed by atoms with E-state index in [0.29, 0.717) is 6.54 Å². The maximum atomic E-state index is 13.5. The zero-order valence-electron chi connectivity index (χ0n) is 24.6. The minimum Gasteiger partial charge on any atom is -0.461 e. The van der Waals surface area contributed by atoms with Gasteiger partial charge in [-0.2, -0.15) is 11.3 Å². The molecule has 0 aliphatic carbocycles. The third kappa shape index (κ3) is 10.4. The zero-order valence-corrected chi connectivity index (χ0v) is 25.4. The molecule has 0 radical (unpaired) electrons. The molecule has 0 fully saturated rings. The first kappa shape index (κ1) is 31.5. The van der Waals surface area contributed by atoms with E-state index in [4.69, 9.17) is 9.47 Å². The summed E-state index contributed by atoms with van der Waals surface area (Å²) in [7, 11) is 0. The molecule has 1 aromatic heterocycles. The van der Waals surface area contributed by atoms with E-state index in [1.54, 1.807) is 16.2 Å². The van der Waals surface area contributed by atoms with Crippen LogP contribution >= 0.6 is 11.3 Å². The molecule has 4 aromatic rings. The minimum absolute atomic E-state index is 0.0418. The topological polar surface area (TPSA) is 84.9 Å². The number of amides is 2. The van der Waals surface area contributed by atoms with Crippen LogP contribution < -0.4 is 5.32 Å². The number of carbonyl (C=O) groups is 3. The van der Waals surface area contributed by atoms with E-state index in [1.165, 1.54) is 0 Å². The van der Waals surface area contributed by atoms with Gasteiger partial charge in [-0.25, -0.2) is 9.59 Å². The maximum Gasteiger partial charge on any atom is 0.329 e. The number of urea groups is 1. The number of hydrogen-bond donors (Lipinski definition) is 1. The van der Waals surface area contributed by atoms with Gasteiger partial charge in [-0.05, 0) is 50.6 Å². The molecule has 0 spiro atoms. The molecule has 7 nitrogen and oxygen atoms in total. The summed E-state index contributed by atoms with van der Waals surface area (Å²) in [5.74, 6) is -0.764. The molecule has 4 rings (SSSR count). The quantitative estimate of drug-likeness (QED) is 0.160. The molecule has 43 heavy (non-hydrogen) atoms. The average molecular weight is 599 g/mol. The third-order valence-corrected chi connectivity index (χ3v) is 7.44. The fourth-order valence-electron chi connectivity index (χ4n) is 4.51. The van der Waals surface area contributed by atoms with Gasteiger partial charge in [0.05, 0.1) is 6.42 Å². The van der Waals surface area contributed by atoms with Gasteiger partial charge in [0.2, 0.25) is 0 Å². The maximum absolute atomic E-state index is 13.5. The van der Waals surface area contributed by atoms with Crippen molar-refractivity contribution in [3.05, 3.63) is 118 Å². The molecule has 1 N–H and O–H groups in total. The number of ether oxygens (including phenoxy) is 2. The Balaban J connectivity index is 1.42. The lowest BCUT2D eigenvalue weighted by Crippen LogP contribution is -2.50. The fourth-order valence-corrected chi connectivity index (χ4v) is 5.18. The molecule has 0 unspecified atom stereocenters. The van der Waals surface area contributed by atoms with Crippen molar-refractivity contribution < 1.29 is 23.9 Å². The van der Waals surface area contributed by atoms with E-state index in [2.05, 4.69) is 16.8 Å². The van der Waals surface area contributed by atoms with Gasteiger partial charge in [-0.3, -0.25) is 4.79 Å². The minimum atomic E-state index is -0.914. The standard InChI is InChI=1S/C35H38N2O5S/c1-26(2)22-37(19-17-33(38)41-23-28-9-5-3-6-10-28)35(40)36-32(34(39)42-24-29-11-7-4-8-12-29)21-27-13-15-30(16-14-27)31-18-20-43-25-31/h3-16,18,20,25-26,32H,17,19,21-24H2,1-2H3,(H,36,40)/t32-/m0/s1. The Morgan fingerprint density at radius 1 is 0.767 bits per heavy atom. The SMILES string of the molecule is CC(C)CN(CCC(=O)OCc1ccccc1)C(=O)N[C@@H](Cc1ccc(-c2ccsc2)cc1)C(=O)OCc1ccccc1. The van der Waals surface area contributed by atoms with Crippen molar-refractivity contribution in [2.75, 3.05) is 13.1 Å². The monoisotopic (exact) mass is 598 g/mol. The highest BCUT2D eigenvalue weighted by Gasteiger charge is 2.26. The van der Waals surface area contributed by atoms with Crippen LogP contribution in [0.5, 0.6) is 0 Å². The second kappa shape index (κ2) is 16.3. The van der Waals surface area contributed by atoms with Crippen LogP contribution in [0.15, 0.2) is 102 Å². The van der Waals surface area contributed by atoms with Gasteiger partial charge in [0.1, 0.15) is 19.3 Å². The van der Waals surface area contributed by atoms with Crippen molar-refractivity contribution in [1.29, 1.82) is 0 Å². The summed E-state index contributed by atoms with van der Waals surface area (Å²) in [5.41, 5.74) is 4.86. The summed E-state index contributed by atoms with van der Waals surface area (Å²) >= 11 is 1.64. The van der Waals surface area contributed by atoms with E-state index in [1.807, 2.05) is 104 Å². The molecule has 0 aliphatic rings. The van der Waals surface area contributed by atoms with Gasteiger partial charge in [0.25, 0.3) is 0 Å². The first-order chi connectivity index (χ1) is 20.9. The molecule has 0 bridgehead atoms. The predicted molar refractivity (Wildman–Crippen MR) is 169 cm³/mol. The van der Waals surface area contributed by atoms with E-state index >= 15 is 0 Å². The predicted octanol–water partition coefficient (Wildman–Crippen LogP) is 6.87. The van der Waals surface area contributed by atoms with Crippen LogP contribution in [0.4, 0.5) is 4.79 Å². The molecule has 0 saturated heterocycles. The van der Waals surface area contributed by atoms with Gasteiger partial charge in [0.15, 0.2) is 0 Å². The molecule has 1 heterocycles. The van der Waals surface area contributed by atoms with E-state index < -0.39 is 24.0 Å². The second-order valence-corrected chi connectivity index (χ2v) is 11.5. The number of rotatable bonds is 14. The van der Waals surface area contributed by atoms with Crippen LogP contribution in [-0.2, 0) is 38.7 Å². The van der Waals surface area contributed by atoms with Gasteiger partial charge in [-0.1, -0.05) is 98.8 Å². The van der Waals surface area contributed by atoms with Crippen molar-refractivity contribution in [2.24, 2.45) is 5.92 Å². The van der Waals surface area contributed by atoms with Crippen LogP contribution in [-0.4, -0.2) is 42.0 Å². The van der Waals surface area contributed by atoms with E-state index in [0.717, 1.165) is 27.8 Å². The number of nitrogens with one attached hydrogen (secondary N) is 1. The third-order valence-electron chi connectivity index (χ3n) is 6.76. The van der Waals surface area contributed by atoms with Crippen molar-refractivity contribution in [3.8, 4) is 11.1 Å². The second-order valence-electron chi connectivity index (χ2n) is 10.7. The van der Waals surface area contributed by atoms with E-state index in [9.17, 15) is 14.4 Å². The summed E-state index contributed by atoms with van der Waals surface area (Å²) in [5, 5.41) is 7.01. The lowest BCUT2D eigenvalue weighted by Gasteiger charge is -2.27.